The van der Waals surface area contributed by atoms with Gasteiger partial charge >= 0.3 is 0 Å². The lowest BCUT2D eigenvalue weighted by Crippen LogP contribution is -1.92. The number of aryl methyl sites for hydroxylation is 2. The summed E-state index contributed by atoms with van der Waals surface area (Å²) < 4.78 is 0. The molecule has 0 saturated heterocycles. The monoisotopic (exact) mass is 133 g/mol. The van der Waals surface area contributed by atoms with E-state index in [4.69, 9.17) is 5.41 Å². The van der Waals surface area contributed by atoms with Crippen molar-refractivity contribution in [3.05, 3.63) is 40.7 Å². The summed E-state index contributed by atoms with van der Waals surface area (Å²) in [4.78, 5) is 0. The van der Waals surface area contributed by atoms with Crippen molar-refractivity contribution >= 4 is 0 Å². The van der Waals surface area contributed by atoms with E-state index >= 15 is 0 Å². The van der Waals surface area contributed by atoms with Gasteiger partial charge in [-0.25, -0.2) is 0 Å². The van der Waals surface area contributed by atoms with Gasteiger partial charge in [0.1, 0.15) is 0 Å². The van der Waals surface area contributed by atoms with Gasteiger partial charge in [0.2, 0.25) is 0 Å². The van der Waals surface area contributed by atoms with Gasteiger partial charge < -0.3 is 5.41 Å². The van der Waals surface area contributed by atoms with Crippen LogP contribution in [0.4, 0.5) is 0 Å². The van der Waals surface area contributed by atoms with Crippen molar-refractivity contribution in [3.8, 4) is 0 Å². The highest BCUT2D eigenvalue weighted by molar-refractivity contribution is 5.16. The number of hydrogen-bond donors (Lipinski definition) is 1. The zero-order chi connectivity index (χ0) is 7.56. The van der Waals surface area contributed by atoms with Gasteiger partial charge in [0.25, 0.3) is 0 Å². The van der Waals surface area contributed by atoms with Gasteiger partial charge in [0.15, 0.2) is 0 Å². The van der Waals surface area contributed by atoms with Crippen LogP contribution in [0.15, 0.2) is 24.3 Å². The summed E-state index contributed by atoms with van der Waals surface area (Å²) in [6.45, 7) is 4.00. The van der Waals surface area contributed by atoms with Crippen molar-refractivity contribution < 1.29 is 0 Å². The van der Waals surface area contributed by atoms with Crippen LogP contribution in [-0.4, -0.2) is 0 Å². The molecule has 1 aromatic rings. The van der Waals surface area contributed by atoms with Gasteiger partial charge in [-0.15, -0.1) is 0 Å². The van der Waals surface area contributed by atoms with E-state index in [0.717, 1.165) is 11.1 Å². The second-order valence-electron chi connectivity index (χ2n) is 2.57. The highest BCUT2D eigenvalue weighted by atomic mass is 14.3. The molecule has 52 valence electrons. The maximum Gasteiger partial charge on any atom is 0.0545 e. The van der Waals surface area contributed by atoms with Crippen molar-refractivity contribution in [2.75, 3.05) is 0 Å². The van der Waals surface area contributed by atoms with Gasteiger partial charge in [-0.1, -0.05) is 12.1 Å². The fourth-order valence-corrected chi connectivity index (χ4v) is 0.891. The first-order valence-corrected chi connectivity index (χ1v) is 3.32. The molecule has 0 fully saturated rings. The van der Waals surface area contributed by atoms with E-state index in [1.807, 2.05) is 38.1 Å². The molecular formula is C9H11N. The van der Waals surface area contributed by atoms with Crippen molar-refractivity contribution in [2.45, 2.75) is 13.8 Å². The summed E-state index contributed by atoms with van der Waals surface area (Å²) in [7, 11) is 0. The second-order valence-corrected chi connectivity index (χ2v) is 2.57. The largest absolute Gasteiger partial charge is 0.301 e. The Morgan fingerprint density at radius 2 is 1.40 bits per heavy atom. The third-order valence-electron chi connectivity index (χ3n) is 1.38. The smallest absolute Gasteiger partial charge is 0.0545 e. The predicted octanol–water partition coefficient (Wildman–Crippen LogP) is 1.78. The van der Waals surface area contributed by atoms with Crippen LogP contribution in [0.1, 0.15) is 11.1 Å². The lowest BCUT2D eigenvalue weighted by molar-refractivity contribution is 1.26. The van der Waals surface area contributed by atoms with E-state index < -0.39 is 0 Å². The standard InChI is InChI=1S/C9H11N/c1-7-3-4-8(2)6-9(10)5-7/h3-6,10H,1-2H3. The van der Waals surface area contributed by atoms with E-state index in [0.29, 0.717) is 5.36 Å². The summed E-state index contributed by atoms with van der Waals surface area (Å²) >= 11 is 0. The summed E-state index contributed by atoms with van der Waals surface area (Å²) in [5.74, 6) is 0. The normalized spacial score (nSPS) is 9.40. The number of nitrogens with one attached hydrogen (secondary N) is 1. The summed E-state index contributed by atoms with van der Waals surface area (Å²) in [5, 5.41) is 7.98. The number of hydrogen-bond acceptors (Lipinski definition) is 1. The van der Waals surface area contributed by atoms with Crippen molar-refractivity contribution in [1.29, 1.82) is 5.41 Å². The molecule has 1 aromatic carbocycles. The van der Waals surface area contributed by atoms with Crippen LogP contribution in [0, 0.1) is 19.3 Å². The highest BCUT2D eigenvalue weighted by Crippen LogP contribution is 1.93. The van der Waals surface area contributed by atoms with Crippen LogP contribution in [0.5, 0.6) is 0 Å². The first-order valence-electron chi connectivity index (χ1n) is 3.32. The van der Waals surface area contributed by atoms with Gasteiger partial charge in [0.05, 0.1) is 5.36 Å². The van der Waals surface area contributed by atoms with Gasteiger partial charge in [0, 0.05) is 0 Å². The summed E-state index contributed by atoms with van der Waals surface area (Å²) in [5.41, 5.74) is 2.27. The Hall–Kier alpha value is -1.11. The van der Waals surface area contributed by atoms with Crippen molar-refractivity contribution in [3.63, 3.8) is 0 Å². The maximum absolute atomic E-state index is 7.40. The average Bonchev–Trinajstić information content (AvgIpc) is 1.93. The third kappa shape index (κ3) is 1.69. The second kappa shape index (κ2) is 2.65. The zero-order valence-electron chi connectivity index (χ0n) is 6.31. The van der Waals surface area contributed by atoms with E-state index in [9.17, 15) is 0 Å². The van der Waals surface area contributed by atoms with Crippen LogP contribution in [0.25, 0.3) is 0 Å². The van der Waals surface area contributed by atoms with Crippen LogP contribution in [-0.2, 0) is 0 Å². The van der Waals surface area contributed by atoms with Gasteiger partial charge in [-0.05, 0) is 37.1 Å². The minimum atomic E-state index is 0.583. The van der Waals surface area contributed by atoms with E-state index in [2.05, 4.69) is 0 Å². The highest BCUT2D eigenvalue weighted by Gasteiger charge is 1.82. The molecule has 0 atom stereocenters. The molecule has 0 unspecified atom stereocenters. The molecule has 0 aliphatic carbocycles. The first-order chi connectivity index (χ1) is 4.68. The zero-order valence-corrected chi connectivity index (χ0v) is 6.31. The number of rotatable bonds is 0. The fraction of sp³-hybridized carbons (Fsp3) is 0.222. The Balaban J connectivity index is 3.42. The molecule has 0 aromatic heterocycles. The molecule has 0 spiro atoms. The molecule has 10 heavy (non-hydrogen) atoms. The molecule has 1 nitrogen and oxygen atoms in total. The van der Waals surface area contributed by atoms with Crippen LogP contribution < -0.4 is 5.36 Å². The summed E-state index contributed by atoms with van der Waals surface area (Å²) in [6, 6.07) is 7.75. The molecule has 0 radical (unpaired) electrons. The molecule has 1 N–H and O–H groups in total. The Bertz CT molecular complexity index is 261. The molecule has 0 aliphatic heterocycles. The topological polar surface area (TPSA) is 23.9 Å². The predicted molar refractivity (Wildman–Crippen MR) is 41.8 cm³/mol. The average molecular weight is 133 g/mol. The molecular weight excluding hydrogens is 122 g/mol. The molecule has 1 heteroatoms. The van der Waals surface area contributed by atoms with E-state index in [-0.39, 0.29) is 0 Å². The molecule has 1 rings (SSSR count). The van der Waals surface area contributed by atoms with Gasteiger partial charge in [-0.2, -0.15) is 0 Å². The summed E-state index contributed by atoms with van der Waals surface area (Å²) in [6.07, 6.45) is 0. The first kappa shape index (κ1) is 7.00. The Labute approximate surface area is 60.9 Å². The minimum absolute atomic E-state index is 0.583. The third-order valence-corrected chi connectivity index (χ3v) is 1.38. The van der Waals surface area contributed by atoms with Crippen molar-refractivity contribution in [2.24, 2.45) is 0 Å². The quantitative estimate of drug-likeness (QED) is 0.558. The SMILES string of the molecule is Cc1ccc(C)cc(=N)c1. The van der Waals surface area contributed by atoms with E-state index in [1.165, 1.54) is 0 Å². The lowest BCUT2D eigenvalue weighted by atomic mass is 10.3. The Morgan fingerprint density at radius 1 is 1.00 bits per heavy atom. The molecule has 0 heterocycles. The molecule has 0 aliphatic rings. The van der Waals surface area contributed by atoms with Gasteiger partial charge in [-0.3, -0.25) is 0 Å². The molecule has 0 amide bonds. The molecule has 0 saturated carbocycles. The van der Waals surface area contributed by atoms with Crippen LogP contribution in [0.2, 0.25) is 0 Å². The maximum atomic E-state index is 7.40. The minimum Gasteiger partial charge on any atom is -0.301 e. The Morgan fingerprint density at radius 3 is 1.80 bits per heavy atom. The van der Waals surface area contributed by atoms with Crippen LogP contribution in [0.3, 0.4) is 0 Å². The Kier molecular flexibility index (Phi) is 1.86. The molecule has 0 bridgehead atoms. The fourth-order valence-electron chi connectivity index (χ4n) is 0.891. The van der Waals surface area contributed by atoms with E-state index in [1.54, 1.807) is 0 Å². The lowest BCUT2D eigenvalue weighted by Gasteiger charge is -1.76. The van der Waals surface area contributed by atoms with Crippen molar-refractivity contribution in [1.82, 2.24) is 0 Å². The van der Waals surface area contributed by atoms with Crippen LogP contribution >= 0.6 is 0 Å².